The fourth-order valence-electron chi connectivity index (χ4n) is 6.95. The molecule has 2 aromatic heterocycles. The number of hydrogen-bond acceptors (Lipinski definition) is 4. The van der Waals surface area contributed by atoms with Gasteiger partial charge in [0.15, 0.2) is 0 Å². The van der Waals surface area contributed by atoms with E-state index in [1.54, 1.807) is 22.7 Å². The van der Waals surface area contributed by atoms with Gasteiger partial charge in [-0.05, 0) is 104 Å². The van der Waals surface area contributed by atoms with E-state index in [1.165, 1.54) is 64.7 Å². The second kappa shape index (κ2) is 12.8. The number of hydrogen-bond donors (Lipinski definition) is 0. The molecular weight excluding hydrogens is 669 g/mol. The summed E-state index contributed by atoms with van der Waals surface area (Å²) < 4.78 is 2.42. The summed E-state index contributed by atoms with van der Waals surface area (Å²) in [5.41, 5.74) is 13.9. The van der Waals surface area contributed by atoms with E-state index in [4.69, 9.17) is 9.97 Å². The van der Waals surface area contributed by atoms with Crippen LogP contribution in [0.2, 0.25) is 0 Å². The van der Waals surface area contributed by atoms with Crippen molar-refractivity contribution >= 4 is 53.9 Å². The molecule has 0 bridgehead atoms. The molecule has 244 valence electrons. The molecule has 0 atom stereocenters. The maximum absolute atomic E-state index is 4.89. The number of thiazole rings is 2. The van der Waals surface area contributed by atoms with E-state index >= 15 is 0 Å². The van der Waals surface area contributed by atoms with E-state index in [0.29, 0.717) is 0 Å². The lowest BCUT2D eigenvalue weighted by atomic mass is 9.92. The van der Waals surface area contributed by atoms with Crippen molar-refractivity contribution in [2.45, 2.75) is 0 Å². The van der Waals surface area contributed by atoms with Crippen LogP contribution in [0.15, 0.2) is 182 Å². The van der Waals surface area contributed by atoms with Crippen LogP contribution in [0.3, 0.4) is 0 Å². The van der Waals surface area contributed by atoms with Gasteiger partial charge >= 0.3 is 0 Å². The first-order chi connectivity index (χ1) is 25.7. The summed E-state index contributed by atoms with van der Waals surface area (Å²) in [6.45, 7) is 0. The Bertz CT molecular complexity index is 2680. The number of para-hydroxylation sites is 2. The van der Waals surface area contributed by atoms with E-state index in [-0.39, 0.29) is 0 Å². The van der Waals surface area contributed by atoms with Gasteiger partial charge < -0.3 is 0 Å². The Labute approximate surface area is 310 Å². The Balaban J connectivity index is 1.02. The van der Waals surface area contributed by atoms with Crippen molar-refractivity contribution in [3.05, 3.63) is 182 Å². The molecule has 10 rings (SSSR count). The zero-order chi connectivity index (χ0) is 34.4. The van der Waals surface area contributed by atoms with Crippen molar-refractivity contribution < 1.29 is 0 Å². The molecule has 0 aliphatic rings. The molecule has 0 aliphatic carbocycles. The Morgan fingerprint density at radius 3 is 1.10 bits per heavy atom. The van der Waals surface area contributed by atoms with Gasteiger partial charge in [0, 0.05) is 11.1 Å². The highest BCUT2D eigenvalue weighted by Crippen LogP contribution is 2.37. The monoisotopic (exact) mass is 698 g/mol. The predicted molar refractivity (Wildman–Crippen MR) is 223 cm³/mol. The van der Waals surface area contributed by atoms with Crippen LogP contribution in [-0.2, 0) is 0 Å². The van der Waals surface area contributed by atoms with Crippen molar-refractivity contribution in [3.8, 4) is 65.6 Å². The maximum Gasteiger partial charge on any atom is 0.124 e. The molecule has 0 saturated heterocycles. The summed E-state index contributed by atoms with van der Waals surface area (Å²) in [5.74, 6) is 0. The van der Waals surface area contributed by atoms with Crippen molar-refractivity contribution in [1.29, 1.82) is 0 Å². The van der Waals surface area contributed by atoms with Crippen LogP contribution in [0.4, 0.5) is 0 Å². The largest absolute Gasteiger partial charge is 0.236 e. The van der Waals surface area contributed by atoms with E-state index in [2.05, 4.69) is 170 Å². The van der Waals surface area contributed by atoms with Crippen LogP contribution in [0.5, 0.6) is 0 Å². The molecule has 0 N–H and O–H groups in total. The average Bonchev–Trinajstić information content (AvgIpc) is 3.86. The van der Waals surface area contributed by atoms with Gasteiger partial charge in [-0.15, -0.1) is 22.7 Å². The first kappa shape index (κ1) is 30.6. The highest BCUT2D eigenvalue weighted by molar-refractivity contribution is 7.22. The molecule has 0 amide bonds. The summed E-state index contributed by atoms with van der Waals surface area (Å²) in [7, 11) is 0. The lowest BCUT2D eigenvalue weighted by molar-refractivity contribution is 1.47. The summed E-state index contributed by atoms with van der Waals surface area (Å²) in [6, 6.07) is 65.5. The zero-order valence-electron chi connectivity index (χ0n) is 28.0. The number of nitrogens with zero attached hydrogens (tertiary/aromatic N) is 2. The Kier molecular flexibility index (Phi) is 7.56. The Hall–Kier alpha value is -6.20. The Morgan fingerprint density at radius 2 is 0.635 bits per heavy atom. The molecule has 52 heavy (non-hydrogen) atoms. The summed E-state index contributed by atoms with van der Waals surface area (Å²) in [6.07, 6.45) is 0. The van der Waals surface area contributed by atoms with Crippen LogP contribution in [-0.4, -0.2) is 9.97 Å². The molecule has 0 fully saturated rings. The highest BCUT2D eigenvalue weighted by atomic mass is 32.1. The fourth-order valence-corrected chi connectivity index (χ4v) is 8.90. The molecule has 10 aromatic rings. The maximum atomic E-state index is 4.89. The smallest absolute Gasteiger partial charge is 0.124 e. The van der Waals surface area contributed by atoms with Crippen LogP contribution >= 0.6 is 22.7 Å². The summed E-state index contributed by atoms with van der Waals surface area (Å²) in [4.78, 5) is 9.79. The van der Waals surface area contributed by atoms with Gasteiger partial charge in [0.1, 0.15) is 10.0 Å². The van der Waals surface area contributed by atoms with Crippen molar-refractivity contribution in [1.82, 2.24) is 9.97 Å². The molecule has 2 nitrogen and oxygen atoms in total. The van der Waals surface area contributed by atoms with Gasteiger partial charge in [-0.25, -0.2) is 9.97 Å². The molecule has 8 aromatic carbocycles. The lowest BCUT2D eigenvalue weighted by Gasteiger charge is -2.13. The van der Waals surface area contributed by atoms with Gasteiger partial charge in [0.2, 0.25) is 0 Å². The van der Waals surface area contributed by atoms with Crippen LogP contribution < -0.4 is 0 Å². The van der Waals surface area contributed by atoms with Gasteiger partial charge in [0.05, 0.1) is 20.4 Å². The lowest BCUT2D eigenvalue weighted by Crippen LogP contribution is -1.87. The molecule has 4 heteroatoms. The summed E-state index contributed by atoms with van der Waals surface area (Å²) >= 11 is 3.47. The van der Waals surface area contributed by atoms with Gasteiger partial charge in [-0.1, -0.05) is 133 Å². The van der Waals surface area contributed by atoms with Crippen LogP contribution in [0.25, 0.3) is 96.9 Å². The van der Waals surface area contributed by atoms with Crippen molar-refractivity contribution in [2.24, 2.45) is 0 Å². The summed E-state index contributed by atoms with van der Waals surface area (Å²) in [5, 5.41) is 4.60. The number of rotatable bonds is 6. The first-order valence-electron chi connectivity index (χ1n) is 17.4. The Morgan fingerprint density at radius 1 is 0.269 bits per heavy atom. The van der Waals surface area contributed by atoms with Crippen molar-refractivity contribution in [3.63, 3.8) is 0 Å². The number of fused-ring (bicyclic) bond motifs is 3. The zero-order valence-corrected chi connectivity index (χ0v) is 29.7. The first-order valence-corrected chi connectivity index (χ1v) is 19.0. The molecule has 0 aliphatic heterocycles. The molecule has 0 spiro atoms. The number of benzene rings is 8. The second-order valence-electron chi connectivity index (χ2n) is 13.1. The minimum atomic E-state index is 1.04. The van der Waals surface area contributed by atoms with E-state index in [1.807, 2.05) is 12.1 Å². The molecule has 0 radical (unpaired) electrons. The van der Waals surface area contributed by atoms with E-state index < -0.39 is 0 Å². The van der Waals surface area contributed by atoms with Crippen LogP contribution in [0, 0.1) is 0 Å². The molecule has 0 unspecified atom stereocenters. The number of aromatic nitrogens is 2. The second-order valence-corrected chi connectivity index (χ2v) is 15.1. The quantitative estimate of drug-likeness (QED) is 0.173. The normalized spacial score (nSPS) is 11.5. The molecular formula is C48H30N2S2. The highest BCUT2D eigenvalue weighted by Gasteiger charge is 2.12. The van der Waals surface area contributed by atoms with Gasteiger partial charge in [-0.3, -0.25) is 0 Å². The van der Waals surface area contributed by atoms with Crippen molar-refractivity contribution in [2.75, 3.05) is 0 Å². The topological polar surface area (TPSA) is 25.8 Å². The molecule has 0 saturated carbocycles. The third-order valence-corrected chi connectivity index (χ3v) is 11.9. The van der Waals surface area contributed by atoms with Gasteiger partial charge in [-0.2, -0.15) is 0 Å². The third kappa shape index (κ3) is 5.78. The van der Waals surface area contributed by atoms with E-state index in [9.17, 15) is 0 Å². The van der Waals surface area contributed by atoms with E-state index in [0.717, 1.165) is 32.2 Å². The minimum Gasteiger partial charge on any atom is -0.236 e. The SMILES string of the molecule is c1ccc2cc(-c3ccc(-c4cc(-c5ccc(-c6nc7ccccc7s6)cc5)cc(-c5ccc(-c6nc7ccccc7s6)cc5)c4)cc3)ccc2c1. The third-order valence-electron chi connectivity index (χ3n) is 9.75. The molecule has 2 heterocycles. The average molecular weight is 699 g/mol. The van der Waals surface area contributed by atoms with Gasteiger partial charge in [0.25, 0.3) is 0 Å². The predicted octanol–water partition coefficient (Wildman–Crippen LogP) is 14.1. The fraction of sp³-hybridized carbons (Fsp3) is 0. The standard InChI is InChI=1S/C48H30N2S2/c1-2-8-38-27-39(26-21-31(38)7-1)32-13-15-33(16-14-32)40-28-41(34-17-22-36(23-18-34)47-49-43-9-3-5-11-45(43)51-47)30-42(29-40)35-19-24-37(25-20-35)48-50-44-10-4-6-12-46(44)52-48/h1-30H. The minimum absolute atomic E-state index is 1.04. The van der Waals surface area contributed by atoms with Crippen LogP contribution in [0.1, 0.15) is 0 Å².